The van der Waals surface area contributed by atoms with Crippen LogP contribution in [0.2, 0.25) is 0 Å². The Morgan fingerprint density at radius 1 is 1.38 bits per heavy atom. The molecule has 3 heterocycles. The molecular formula is C17H21N3O3S. The fraction of sp³-hybridized carbons (Fsp3) is 0.471. The molecule has 1 aliphatic heterocycles. The van der Waals surface area contributed by atoms with Gasteiger partial charge in [0.15, 0.2) is 0 Å². The third kappa shape index (κ3) is 3.73. The monoisotopic (exact) mass is 347 g/mol. The molecule has 2 aromatic heterocycles. The number of rotatable bonds is 5. The van der Waals surface area contributed by atoms with Gasteiger partial charge < -0.3 is 10.0 Å². The van der Waals surface area contributed by atoms with Crippen molar-refractivity contribution in [2.24, 2.45) is 0 Å². The Morgan fingerprint density at radius 3 is 3.00 bits per heavy atom. The second-order valence-electron chi connectivity index (χ2n) is 6.07. The summed E-state index contributed by atoms with van der Waals surface area (Å²) in [7, 11) is 0. The first-order valence-electron chi connectivity index (χ1n) is 8.24. The van der Waals surface area contributed by atoms with Crippen molar-refractivity contribution in [3.8, 4) is 0 Å². The third-order valence-corrected chi connectivity index (χ3v) is 5.45. The Bertz CT molecular complexity index is 677. The lowest BCUT2D eigenvalue weighted by atomic mass is 10.0. The van der Waals surface area contributed by atoms with Crippen LogP contribution < -0.4 is 4.90 Å². The number of hydrogen-bond acceptors (Lipinski definition) is 6. The third-order valence-electron chi connectivity index (χ3n) is 4.48. The van der Waals surface area contributed by atoms with E-state index in [0.29, 0.717) is 12.2 Å². The summed E-state index contributed by atoms with van der Waals surface area (Å²) >= 11 is 1.54. The number of aliphatic hydroxyl groups excluding tert-OH is 1. The number of hydrogen-bond donors (Lipinski definition) is 1. The molecule has 0 spiro atoms. The number of pyridine rings is 1. The predicted octanol–water partition coefficient (Wildman–Crippen LogP) is 3.92. The molecule has 2 unspecified atom stereocenters. The highest BCUT2D eigenvalue weighted by Gasteiger charge is 2.30. The van der Waals surface area contributed by atoms with Crippen molar-refractivity contribution in [2.45, 2.75) is 44.2 Å². The summed E-state index contributed by atoms with van der Waals surface area (Å²) in [5.74, 6) is 0.424. The van der Waals surface area contributed by atoms with Crippen LogP contribution in [0.25, 0.3) is 0 Å². The van der Waals surface area contributed by atoms with E-state index in [-0.39, 0.29) is 16.7 Å². The fourth-order valence-electron chi connectivity index (χ4n) is 3.31. The number of nitro groups is 1. The molecule has 0 amide bonds. The standard InChI is InChI=1S/C17H21N3O3S/c21-15(16-8-5-11-24-16)12-13-6-2-1-3-10-19(13)17-14(20(22)23)7-4-9-18-17/h4-5,7-9,11,13,15,21H,1-3,6,10,12H2. The molecule has 2 aromatic rings. The van der Waals surface area contributed by atoms with Gasteiger partial charge in [-0.3, -0.25) is 10.1 Å². The van der Waals surface area contributed by atoms with E-state index in [1.807, 2.05) is 22.4 Å². The highest BCUT2D eigenvalue weighted by Crippen LogP contribution is 2.34. The van der Waals surface area contributed by atoms with Crippen LogP contribution in [0.15, 0.2) is 35.8 Å². The molecule has 0 saturated carbocycles. The van der Waals surface area contributed by atoms with Gasteiger partial charge >= 0.3 is 5.69 Å². The zero-order valence-corrected chi connectivity index (χ0v) is 14.2. The Labute approximate surface area is 144 Å². The van der Waals surface area contributed by atoms with Gasteiger partial charge in [-0.05, 0) is 36.8 Å². The average molecular weight is 347 g/mol. The summed E-state index contributed by atoms with van der Waals surface area (Å²) in [5, 5.41) is 23.8. The van der Waals surface area contributed by atoms with Gasteiger partial charge in [-0.2, -0.15) is 0 Å². The van der Waals surface area contributed by atoms with Crippen LogP contribution in [-0.4, -0.2) is 27.6 Å². The van der Waals surface area contributed by atoms with E-state index >= 15 is 0 Å². The summed E-state index contributed by atoms with van der Waals surface area (Å²) < 4.78 is 0. The molecule has 1 aliphatic rings. The summed E-state index contributed by atoms with van der Waals surface area (Å²) in [6.07, 6.45) is 5.68. The van der Waals surface area contributed by atoms with E-state index < -0.39 is 6.10 Å². The van der Waals surface area contributed by atoms with Crippen LogP contribution in [0.1, 0.15) is 43.1 Å². The Balaban J connectivity index is 1.87. The first-order valence-corrected chi connectivity index (χ1v) is 9.12. The molecule has 2 atom stereocenters. The largest absolute Gasteiger partial charge is 0.387 e. The van der Waals surface area contributed by atoms with E-state index in [4.69, 9.17) is 0 Å². The van der Waals surface area contributed by atoms with Gasteiger partial charge in [0, 0.05) is 29.7 Å². The summed E-state index contributed by atoms with van der Waals surface area (Å²) in [4.78, 5) is 18.2. The molecule has 128 valence electrons. The van der Waals surface area contributed by atoms with Gasteiger partial charge in [0.05, 0.1) is 11.0 Å². The van der Waals surface area contributed by atoms with Gasteiger partial charge in [-0.1, -0.05) is 18.9 Å². The van der Waals surface area contributed by atoms with Crippen molar-refractivity contribution in [3.63, 3.8) is 0 Å². The van der Waals surface area contributed by atoms with Crippen molar-refractivity contribution < 1.29 is 10.0 Å². The van der Waals surface area contributed by atoms with Crippen LogP contribution in [0.4, 0.5) is 11.5 Å². The lowest BCUT2D eigenvalue weighted by molar-refractivity contribution is -0.384. The minimum absolute atomic E-state index is 0.0370. The number of thiophene rings is 1. The summed E-state index contributed by atoms with van der Waals surface area (Å²) in [6, 6.07) is 7.00. The SMILES string of the molecule is O=[N+]([O-])c1cccnc1N1CCCCCC1CC(O)c1cccs1. The molecule has 0 aromatic carbocycles. The maximum atomic E-state index is 11.4. The van der Waals surface area contributed by atoms with Crippen LogP contribution in [-0.2, 0) is 0 Å². The van der Waals surface area contributed by atoms with Gasteiger partial charge in [0.1, 0.15) is 0 Å². The molecule has 0 radical (unpaired) electrons. The zero-order chi connectivity index (χ0) is 16.9. The van der Waals surface area contributed by atoms with E-state index in [1.54, 1.807) is 12.3 Å². The second-order valence-corrected chi connectivity index (χ2v) is 7.05. The molecule has 1 N–H and O–H groups in total. The second kappa shape index (κ2) is 7.72. The van der Waals surface area contributed by atoms with E-state index in [0.717, 1.165) is 37.1 Å². The molecule has 1 fully saturated rings. The highest BCUT2D eigenvalue weighted by molar-refractivity contribution is 7.10. The molecule has 6 nitrogen and oxygen atoms in total. The van der Waals surface area contributed by atoms with Gasteiger partial charge in [-0.15, -0.1) is 11.3 Å². The van der Waals surface area contributed by atoms with E-state index in [1.165, 1.54) is 17.4 Å². The molecule has 0 aliphatic carbocycles. The minimum Gasteiger partial charge on any atom is -0.387 e. The molecule has 1 saturated heterocycles. The number of anilines is 1. The van der Waals surface area contributed by atoms with Gasteiger partial charge in [0.25, 0.3) is 0 Å². The molecule has 0 bridgehead atoms. The van der Waals surface area contributed by atoms with Gasteiger partial charge in [-0.25, -0.2) is 4.98 Å². The predicted molar refractivity (Wildman–Crippen MR) is 94.4 cm³/mol. The molecular weight excluding hydrogens is 326 g/mol. The number of nitrogens with zero attached hydrogens (tertiary/aromatic N) is 3. The topological polar surface area (TPSA) is 79.5 Å². The van der Waals surface area contributed by atoms with Gasteiger partial charge in [0.2, 0.25) is 5.82 Å². The van der Waals surface area contributed by atoms with E-state index in [2.05, 4.69) is 4.98 Å². The van der Waals surface area contributed by atoms with Crippen LogP contribution >= 0.6 is 11.3 Å². The van der Waals surface area contributed by atoms with Crippen molar-refractivity contribution in [2.75, 3.05) is 11.4 Å². The number of aromatic nitrogens is 1. The summed E-state index contributed by atoms with van der Waals surface area (Å²) in [6.45, 7) is 0.736. The fourth-order valence-corrected chi connectivity index (χ4v) is 4.03. The average Bonchev–Trinajstić information content (AvgIpc) is 3.03. The first-order chi connectivity index (χ1) is 11.7. The highest BCUT2D eigenvalue weighted by atomic mass is 32.1. The normalized spacial score (nSPS) is 19.7. The summed E-state index contributed by atoms with van der Waals surface area (Å²) in [5.41, 5.74) is 0.0370. The molecule has 3 rings (SSSR count). The van der Waals surface area contributed by atoms with E-state index in [9.17, 15) is 15.2 Å². The lowest BCUT2D eigenvalue weighted by Gasteiger charge is -2.32. The smallest absolute Gasteiger partial charge is 0.311 e. The Kier molecular flexibility index (Phi) is 5.42. The minimum atomic E-state index is -0.543. The Hall–Kier alpha value is -1.99. The van der Waals surface area contributed by atoms with Crippen LogP contribution in [0, 0.1) is 10.1 Å². The van der Waals surface area contributed by atoms with Crippen LogP contribution in [0.3, 0.4) is 0 Å². The van der Waals surface area contributed by atoms with Crippen LogP contribution in [0.5, 0.6) is 0 Å². The Morgan fingerprint density at radius 2 is 2.25 bits per heavy atom. The lowest BCUT2D eigenvalue weighted by Crippen LogP contribution is -2.37. The number of aliphatic hydroxyl groups is 1. The maximum Gasteiger partial charge on any atom is 0.311 e. The first kappa shape index (κ1) is 16.9. The maximum absolute atomic E-state index is 11.4. The van der Waals surface area contributed by atoms with Crippen molar-refractivity contribution in [3.05, 3.63) is 50.8 Å². The molecule has 7 heteroatoms. The van der Waals surface area contributed by atoms with Crippen molar-refractivity contribution in [1.29, 1.82) is 0 Å². The zero-order valence-electron chi connectivity index (χ0n) is 13.4. The van der Waals surface area contributed by atoms with Crippen molar-refractivity contribution >= 4 is 22.8 Å². The van der Waals surface area contributed by atoms with Crippen molar-refractivity contribution in [1.82, 2.24) is 4.98 Å². The molecule has 24 heavy (non-hydrogen) atoms. The quantitative estimate of drug-likeness (QED) is 0.655.